The Kier molecular flexibility index (Phi) is 3.19. The molecule has 1 N–H and O–H groups in total. The van der Waals surface area contributed by atoms with Gasteiger partial charge < -0.3 is 5.32 Å². The summed E-state index contributed by atoms with van der Waals surface area (Å²) in [6, 6.07) is 2.17. The van der Waals surface area contributed by atoms with Gasteiger partial charge in [0.2, 0.25) is 5.91 Å². The lowest BCUT2D eigenvalue weighted by molar-refractivity contribution is -0.114. The van der Waals surface area contributed by atoms with Gasteiger partial charge in [-0.15, -0.1) is 0 Å². The van der Waals surface area contributed by atoms with E-state index in [4.69, 9.17) is 11.6 Å². The molecule has 0 aliphatic carbocycles. The van der Waals surface area contributed by atoms with Crippen LogP contribution in [0.4, 0.5) is 10.1 Å². The summed E-state index contributed by atoms with van der Waals surface area (Å²) >= 11 is 5.55. The Balaban J connectivity index is 3.16. The van der Waals surface area contributed by atoms with E-state index in [0.717, 1.165) is 6.07 Å². The van der Waals surface area contributed by atoms with E-state index in [1.807, 2.05) is 0 Å². The monoisotopic (exact) mass is 215 g/mol. The van der Waals surface area contributed by atoms with Crippen LogP contribution in [0.1, 0.15) is 17.3 Å². The van der Waals surface area contributed by atoms with Crippen molar-refractivity contribution in [2.24, 2.45) is 0 Å². The SMILES string of the molecule is CC(=O)Nc1cc(C=O)c(Cl)cc1F. The number of aldehydes is 1. The quantitative estimate of drug-likeness (QED) is 0.770. The van der Waals surface area contributed by atoms with Crippen LogP contribution in [0.15, 0.2) is 12.1 Å². The summed E-state index contributed by atoms with van der Waals surface area (Å²) in [5, 5.41) is 2.26. The average molecular weight is 216 g/mol. The van der Waals surface area contributed by atoms with Crippen molar-refractivity contribution in [1.29, 1.82) is 0 Å². The van der Waals surface area contributed by atoms with Crippen molar-refractivity contribution in [3.05, 3.63) is 28.5 Å². The second-order valence-electron chi connectivity index (χ2n) is 2.65. The third-order valence-electron chi connectivity index (χ3n) is 1.52. The first-order chi connectivity index (χ1) is 6.54. The lowest BCUT2D eigenvalue weighted by Crippen LogP contribution is -2.08. The number of benzene rings is 1. The zero-order valence-corrected chi connectivity index (χ0v) is 8.06. The number of halogens is 2. The molecule has 0 aliphatic heterocycles. The first-order valence-electron chi connectivity index (χ1n) is 3.76. The zero-order chi connectivity index (χ0) is 10.7. The molecule has 0 aliphatic rings. The van der Waals surface area contributed by atoms with Gasteiger partial charge in [-0.05, 0) is 12.1 Å². The highest BCUT2D eigenvalue weighted by Crippen LogP contribution is 2.22. The molecule has 1 amide bonds. The van der Waals surface area contributed by atoms with Crippen LogP contribution in [-0.2, 0) is 4.79 Å². The lowest BCUT2D eigenvalue weighted by Gasteiger charge is -2.05. The van der Waals surface area contributed by atoms with E-state index in [-0.39, 0.29) is 16.3 Å². The first-order valence-corrected chi connectivity index (χ1v) is 4.14. The van der Waals surface area contributed by atoms with Crippen molar-refractivity contribution in [1.82, 2.24) is 0 Å². The summed E-state index contributed by atoms with van der Waals surface area (Å²) in [6.07, 6.45) is 0.493. The van der Waals surface area contributed by atoms with E-state index in [1.54, 1.807) is 0 Å². The predicted octanol–water partition coefficient (Wildman–Crippen LogP) is 2.25. The van der Waals surface area contributed by atoms with Gasteiger partial charge in [-0.25, -0.2) is 4.39 Å². The number of rotatable bonds is 2. The van der Waals surface area contributed by atoms with Gasteiger partial charge in [0.15, 0.2) is 6.29 Å². The number of hydrogen-bond acceptors (Lipinski definition) is 2. The molecule has 3 nitrogen and oxygen atoms in total. The van der Waals surface area contributed by atoms with Crippen molar-refractivity contribution in [2.45, 2.75) is 6.92 Å². The highest BCUT2D eigenvalue weighted by Gasteiger charge is 2.08. The molecular weight excluding hydrogens is 209 g/mol. The third-order valence-corrected chi connectivity index (χ3v) is 1.85. The molecule has 0 spiro atoms. The van der Waals surface area contributed by atoms with Gasteiger partial charge in [-0.1, -0.05) is 11.6 Å². The topological polar surface area (TPSA) is 46.2 Å². The van der Waals surface area contributed by atoms with Crippen LogP contribution < -0.4 is 5.32 Å². The van der Waals surface area contributed by atoms with E-state index in [1.165, 1.54) is 13.0 Å². The Bertz CT molecular complexity index is 393. The summed E-state index contributed by atoms with van der Waals surface area (Å²) in [5.41, 5.74) is 0.0841. The molecule has 1 aromatic carbocycles. The molecule has 0 bridgehead atoms. The fraction of sp³-hybridized carbons (Fsp3) is 0.111. The van der Waals surface area contributed by atoms with Crippen LogP contribution >= 0.6 is 11.6 Å². The minimum Gasteiger partial charge on any atom is -0.324 e. The standard InChI is InChI=1S/C9H7ClFNO2/c1-5(14)12-9-2-6(4-13)7(10)3-8(9)11/h2-4H,1H3,(H,12,14). The molecule has 5 heteroatoms. The smallest absolute Gasteiger partial charge is 0.221 e. The normalized spacial score (nSPS) is 9.64. The maximum Gasteiger partial charge on any atom is 0.221 e. The number of hydrogen-bond donors (Lipinski definition) is 1. The highest BCUT2D eigenvalue weighted by molar-refractivity contribution is 6.33. The number of amides is 1. The van der Waals surface area contributed by atoms with Crippen molar-refractivity contribution < 1.29 is 14.0 Å². The first kappa shape index (κ1) is 10.7. The Morgan fingerprint density at radius 1 is 1.57 bits per heavy atom. The average Bonchev–Trinajstić information content (AvgIpc) is 2.09. The summed E-state index contributed by atoms with van der Waals surface area (Å²) in [6.45, 7) is 1.24. The van der Waals surface area contributed by atoms with E-state index in [2.05, 4.69) is 5.32 Å². The van der Waals surface area contributed by atoms with Crippen molar-refractivity contribution >= 4 is 29.5 Å². The maximum absolute atomic E-state index is 13.1. The highest BCUT2D eigenvalue weighted by atomic mass is 35.5. The molecule has 0 saturated carbocycles. The van der Waals surface area contributed by atoms with Gasteiger partial charge in [0.25, 0.3) is 0 Å². The molecule has 0 saturated heterocycles. The summed E-state index contributed by atoms with van der Waals surface area (Å²) in [4.78, 5) is 21.1. The van der Waals surface area contributed by atoms with Gasteiger partial charge in [-0.3, -0.25) is 9.59 Å². The Labute approximate surface area is 84.9 Å². The zero-order valence-electron chi connectivity index (χ0n) is 7.30. The number of nitrogens with one attached hydrogen (secondary N) is 1. The van der Waals surface area contributed by atoms with Crippen LogP contribution in [0, 0.1) is 5.82 Å². The second kappa shape index (κ2) is 4.19. The van der Waals surface area contributed by atoms with Crippen LogP contribution in [-0.4, -0.2) is 12.2 Å². The molecule has 0 heterocycles. The Morgan fingerprint density at radius 3 is 2.71 bits per heavy atom. The molecule has 1 rings (SSSR count). The Hall–Kier alpha value is -1.42. The number of carbonyl (C=O) groups excluding carboxylic acids is 2. The van der Waals surface area contributed by atoms with Crippen LogP contribution in [0.5, 0.6) is 0 Å². The minimum absolute atomic E-state index is 0.0200. The number of anilines is 1. The molecule has 0 atom stereocenters. The summed E-state index contributed by atoms with van der Waals surface area (Å²) < 4.78 is 13.1. The van der Waals surface area contributed by atoms with Gasteiger partial charge in [0, 0.05) is 12.5 Å². The largest absolute Gasteiger partial charge is 0.324 e. The van der Waals surface area contributed by atoms with Gasteiger partial charge in [-0.2, -0.15) is 0 Å². The number of carbonyl (C=O) groups is 2. The minimum atomic E-state index is -0.671. The van der Waals surface area contributed by atoms with Crippen LogP contribution in [0.2, 0.25) is 5.02 Å². The van der Waals surface area contributed by atoms with Gasteiger partial charge >= 0.3 is 0 Å². The van der Waals surface area contributed by atoms with Gasteiger partial charge in [0.1, 0.15) is 5.82 Å². The molecular formula is C9H7ClFNO2. The lowest BCUT2D eigenvalue weighted by atomic mass is 10.2. The predicted molar refractivity (Wildman–Crippen MR) is 51.1 cm³/mol. The van der Waals surface area contributed by atoms with E-state index in [0.29, 0.717) is 6.29 Å². The second-order valence-corrected chi connectivity index (χ2v) is 3.06. The van der Waals surface area contributed by atoms with Crippen molar-refractivity contribution in [3.63, 3.8) is 0 Å². The molecule has 0 unspecified atom stereocenters. The molecule has 1 aromatic rings. The molecule has 14 heavy (non-hydrogen) atoms. The summed E-state index contributed by atoms with van der Waals surface area (Å²) in [5.74, 6) is -1.08. The van der Waals surface area contributed by atoms with E-state index < -0.39 is 11.7 Å². The van der Waals surface area contributed by atoms with Crippen molar-refractivity contribution in [3.8, 4) is 0 Å². The third kappa shape index (κ3) is 2.29. The molecule has 0 fully saturated rings. The maximum atomic E-state index is 13.1. The molecule has 0 radical (unpaired) electrons. The van der Waals surface area contributed by atoms with Crippen LogP contribution in [0.25, 0.3) is 0 Å². The summed E-state index contributed by atoms with van der Waals surface area (Å²) in [7, 11) is 0. The molecule has 74 valence electrons. The fourth-order valence-corrected chi connectivity index (χ4v) is 1.14. The molecule has 0 aromatic heterocycles. The van der Waals surface area contributed by atoms with Crippen LogP contribution in [0.3, 0.4) is 0 Å². The Morgan fingerprint density at radius 2 is 2.21 bits per heavy atom. The van der Waals surface area contributed by atoms with E-state index in [9.17, 15) is 14.0 Å². The van der Waals surface area contributed by atoms with E-state index >= 15 is 0 Å². The fourth-order valence-electron chi connectivity index (χ4n) is 0.941. The van der Waals surface area contributed by atoms with Gasteiger partial charge in [0.05, 0.1) is 10.7 Å². The van der Waals surface area contributed by atoms with Crippen molar-refractivity contribution in [2.75, 3.05) is 5.32 Å².